The van der Waals surface area contributed by atoms with Crippen molar-refractivity contribution >= 4 is 55.4 Å². The molecular formula is C41H38N4O9S. The molecular weight excluding hydrogens is 725 g/mol. The molecule has 7 rings (SSSR count). The van der Waals surface area contributed by atoms with Gasteiger partial charge in [-0.05, 0) is 65.9 Å². The van der Waals surface area contributed by atoms with Crippen molar-refractivity contribution in [2.45, 2.75) is 32.2 Å². The quantitative estimate of drug-likeness (QED) is 0.139. The van der Waals surface area contributed by atoms with Crippen molar-refractivity contribution < 1.29 is 37.7 Å². The minimum atomic E-state index is -0.540. The van der Waals surface area contributed by atoms with E-state index in [1.807, 2.05) is 48.5 Å². The molecule has 6 aromatic rings. The van der Waals surface area contributed by atoms with E-state index in [0.29, 0.717) is 85.5 Å². The normalized spacial score (nSPS) is 13.3. The van der Waals surface area contributed by atoms with Crippen LogP contribution in [0.3, 0.4) is 0 Å². The molecule has 2 heterocycles. The number of anilines is 1. The third-order valence-electron chi connectivity index (χ3n) is 9.46. The zero-order valence-electron chi connectivity index (χ0n) is 30.8. The summed E-state index contributed by atoms with van der Waals surface area (Å²) in [5.41, 5.74) is 4.03. The lowest BCUT2D eigenvalue weighted by Gasteiger charge is -2.20. The van der Waals surface area contributed by atoms with Crippen LogP contribution in [0.15, 0.2) is 75.9 Å². The van der Waals surface area contributed by atoms with E-state index >= 15 is 0 Å². The Hall–Kier alpha value is -6.41. The molecule has 3 amide bonds. The minimum Gasteiger partial charge on any atom is -0.497 e. The van der Waals surface area contributed by atoms with Gasteiger partial charge in [-0.15, -0.1) is 0 Å². The zero-order valence-corrected chi connectivity index (χ0v) is 31.6. The van der Waals surface area contributed by atoms with E-state index in [-0.39, 0.29) is 24.5 Å². The number of furan rings is 1. The molecule has 55 heavy (non-hydrogen) atoms. The summed E-state index contributed by atoms with van der Waals surface area (Å²) in [5.74, 6) is 1.02. The maximum atomic E-state index is 14.2. The minimum absolute atomic E-state index is 0.0301. The highest BCUT2D eigenvalue weighted by molar-refractivity contribution is 7.22. The van der Waals surface area contributed by atoms with E-state index in [9.17, 15) is 19.2 Å². The molecule has 1 aliphatic carbocycles. The van der Waals surface area contributed by atoms with Crippen LogP contribution >= 0.6 is 11.3 Å². The lowest BCUT2D eigenvalue weighted by atomic mass is 9.94. The molecule has 1 atom stereocenters. The van der Waals surface area contributed by atoms with Gasteiger partial charge >= 0.3 is 0 Å². The third kappa shape index (κ3) is 7.28. The predicted octanol–water partition coefficient (Wildman–Crippen LogP) is 6.19. The molecule has 1 aliphatic rings. The molecule has 282 valence electrons. The van der Waals surface area contributed by atoms with Crippen molar-refractivity contribution in [1.82, 2.24) is 15.6 Å². The molecule has 0 fully saturated rings. The van der Waals surface area contributed by atoms with Crippen molar-refractivity contribution in [1.29, 1.82) is 0 Å². The number of nitrogens with zero attached hydrogens (tertiary/aromatic N) is 1. The standard InChI is InChI=1S/C41H38N4O9S/c1-21(46)43-29-13-11-23-15-32(51-3)39(52-4)40(53-5)36(23)26-17-27-28(37(22-9-7-6-8-10-22)54-38(27)31(47)18-25(26)29)19-34(48)42-20-35(49)45-41-44-30-14-12-24(50-2)16-33(30)55-41/h6-10,12,14-18,29H,11,13,19-20H2,1-5H3,(H,42,48)(H,43,46)(H,44,45,49). The summed E-state index contributed by atoms with van der Waals surface area (Å²) in [4.78, 5) is 57.8. The maximum Gasteiger partial charge on any atom is 0.245 e. The number of ether oxygens (including phenoxy) is 4. The van der Waals surface area contributed by atoms with Crippen LogP contribution in [0.2, 0.25) is 0 Å². The number of hydrogen-bond acceptors (Lipinski definition) is 11. The van der Waals surface area contributed by atoms with Crippen LogP contribution in [-0.4, -0.2) is 57.7 Å². The van der Waals surface area contributed by atoms with Crippen molar-refractivity contribution in [2.75, 3.05) is 40.3 Å². The number of aromatic nitrogens is 1. The first-order chi connectivity index (χ1) is 26.6. The first kappa shape index (κ1) is 36.9. The van der Waals surface area contributed by atoms with E-state index in [2.05, 4.69) is 20.9 Å². The van der Waals surface area contributed by atoms with Gasteiger partial charge in [0.1, 0.15) is 11.5 Å². The molecule has 4 aromatic carbocycles. The molecule has 1 unspecified atom stereocenters. The number of methoxy groups -OCH3 is 4. The fourth-order valence-electron chi connectivity index (χ4n) is 7.03. The Bertz CT molecular complexity index is 2530. The summed E-state index contributed by atoms with van der Waals surface area (Å²) < 4.78 is 29.9. The number of amides is 3. The van der Waals surface area contributed by atoms with E-state index in [0.717, 1.165) is 10.3 Å². The highest BCUT2D eigenvalue weighted by Crippen LogP contribution is 2.51. The van der Waals surface area contributed by atoms with Crippen molar-refractivity contribution in [3.05, 3.63) is 93.6 Å². The van der Waals surface area contributed by atoms with Gasteiger partial charge in [-0.1, -0.05) is 41.7 Å². The second-order valence-corrected chi connectivity index (χ2v) is 13.9. The Morgan fingerprint density at radius 1 is 0.909 bits per heavy atom. The first-order valence-electron chi connectivity index (χ1n) is 17.4. The van der Waals surface area contributed by atoms with E-state index < -0.39 is 23.3 Å². The second kappa shape index (κ2) is 15.5. The summed E-state index contributed by atoms with van der Waals surface area (Å²) >= 11 is 1.29. The van der Waals surface area contributed by atoms with E-state index in [1.165, 1.54) is 45.7 Å². The number of hydrogen-bond donors (Lipinski definition) is 3. The number of nitrogens with one attached hydrogen (secondary N) is 3. The van der Waals surface area contributed by atoms with Crippen LogP contribution in [0, 0.1) is 0 Å². The van der Waals surface area contributed by atoms with E-state index in [4.69, 9.17) is 23.4 Å². The van der Waals surface area contributed by atoms with Crippen molar-refractivity contribution in [3.63, 3.8) is 0 Å². The van der Waals surface area contributed by atoms with Gasteiger partial charge in [0, 0.05) is 29.0 Å². The van der Waals surface area contributed by atoms with Gasteiger partial charge in [-0.3, -0.25) is 19.2 Å². The molecule has 0 radical (unpaired) electrons. The summed E-state index contributed by atoms with van der Waals surface area (Å²) in [5, 5.41) is 9.24. The first-order valence-corrected chi connectivity index (χ1v) is 18.2. The highest BCUT2D eigenvalue weighted by atomic mass is 32.1. The maximum absolute atomic E-state index is 14.2. The molecule has 0 bridgehead atoms. The topological polar surface area (TPSA) is 167 Å². The summed E-state index contributed by atoms with van der Waals surface area (Å²) in [6, 6.07) is 19.2. The zero-order chi connectivity index (χ0) is 38.8. The predicted molar refractivity (Wildman–Crippen MR) is 209 cm³/mol. The van der Waals surface area contributed by atoms with Crippen molar-refractivity contribution in [2.24, 2.45) is 0 Å². The molecule has 0 spiro atoms. The van der Waals surface area contributed by atoms with Gasteiger partial charge in [0.25, 0.3) is 0 Å². The molecule has 14 heteroatoms. The van der Waals surface area contributed by atoms with Gasteiger partial charge in [0.05, 0.1) is 57.7 Å². The smallest absolute Gasteiger partial charge is 0.245 e. The summed E-state index contributed by atoms with van der Waals surface area (Å²) in [7, 11) is 6.15. The molecule has 0 saturated carbocycles. The van der Waals surface area contributed by atoms with Gasteiger partial charge in [0.2, 0.25) is 28.9 Å². The number of thiazole rings is 1. The molecule has 3 N–H and O–H groups in total. The van der Waals surface area contributed by atoms with Crippen molar-refractivity contribution in [3.8, 4) is 45.4 Å². The Morgan fingerprint density at radius 3 is 2.40 bits per heavy atom. The SMILES string of the molecule is COc1ccc2nc(NC(=O)CNC(=O)Cc3c(-c4ccccc4)oc4c(=O)cc5c(cc34)-c3c(cc(OC)c(OC)c3OC)CCC5NC(C)=O)sc2c1. The largest absolute Gasteiger partial charge is 0.497 e. The number of aryl methyl sites for hydroxylation is 1. The van der Waals surface area contributed by atoms with E-state index in [1.54, 1.807) is 19.2 Å². The number of fused-ring (bicyclic) bond motifs is 5. The average molecular weight is 763 g/mol. The van der Waals surface area contributed by atoms with Gasteiger partial charge in [-0.25, -0.2) is 4.98 Å². The van der Waals surface area contributed by atoms with Crippen LogP contribution in [0.1, 0.15) is 36.1 Å². The monoisotopic (exact) mass is 762 g/mol. The molecule has 2 aromatic heterocycles. The van der Waals surface area contributed by atoms with Crippen LogP contribution in [-0.2, 0) is 27.2 Å². The molecule has 0 saturated heterocycles. The highest BCUT2D eigenvalue weighted by Gasteiger charge is 2.31. The third-order valence-corrected chi connectivity index (χ3v) is 10.4. The summed E-state index contributed by atoms with van der Waals surface area (Å²) in [6.07, 6.45) is 0.755. The van der Waals surface area contributed by atoms with Crippen LogP contribution in [0.25, 0.3) is 43.6 Å². The number of benzene rings is 3. The fraction of sp³-hybridized carbons (Fsp3) is 0.244. The molecule has 13 nitrogen and oxygen atoms in total. The fourth-order valence-corrected chi connectivity index (χ4v) is 7.94. The average Bonchev–Trinajstić information content (AvgIpc) is 3.67. The Balaban J connectivity index is 1.32. The lowest BCUT2D eigenvalue weighted by Crippen LogP contribution is -2.33. The van der Waals surface area contributed by atoms with Gasteiger partial charge in [-0.2, -0.15) is 0 Å². The Labute approximate surface area is 319 Å². The molecule has 0 aliphatic heterocycles. The second-order valence-electron chi connectivity index (χ2n) is 12.9. The summed E-state index contributed by atoms with van der Waals surface area (Å²) in [6.45, 7) is 1.10. The van der Waals surface area contributed by atoms with Crippen LogP contribution < -0.4 is 40.3 Å². The lowest BCUT2D eigenvalue weighted by molar-refractivity contribution is -0.123. The number of rotatable bonds is 11. The van der Waals surface area contributed by atoms with Gasteiger partial charge < -0.3 is 39.3 Å². The number of carbonyl (C=O) groups excluding carboxylic acids is 3. The Kier molecular flexibility index (Phi) is 10.4. The van der Waals surface area contributed by atoms with Crippen LogP contribution in [0.5, 0.6) is 23.0 Å². The van der Waals surface area contributed by atoms with Crippen LogP contribution in [0.4, 0.5) is 5.13 Å². The number of carbonyl (C=O) groups is 3. The Morgan fingerprint density at radius 2 is 1.69 bits per heavy atom. The van der Waals surface area contributed by atoms with Gasteiger partial charge in [0.15, 0.2) is 22.2 Å².